The molecule has 0 aliphatic carbocycles. The quantitative estimate of drug-likeness (QED) is 0.644. The average Bonchev–Trinajstić information content (AvgIpc) is 3.18. The van der Waals surface area contributed by atoms with Crippen LogP contribution in [0.15, 0.2) is 60.8 Å². The van der Waals surface area contributed by atoms with E-state index in [1.54, 1.807) is 25.3 Å². The maximum atomic E-state index is 13.1. The lowest BCUT2D eigenvalue weighted by Crippen LogP contribution is -2.18. The molecule has 0 aliphatic heterocycles. The molecule has 0 bridgehead atoms. The number of carbonyl (C=O) groups excluding carboxylic acids is 2. The number of ether oxygens (including phenoxy) is 1. The Morgan fingerprint density at radius 2 is 1.76 bits per heavy atom. The van der Waals surface area contributed by atoms with E-state index in [-0.39, 0.29) is 12.3 Å². The van der Waals surface area contributed by atoms with Gasteiger partial charge in [-0.1, -0.05) is 12.1 Å². The monoisotopic (exact) mass is 403 g/mol. The van der Waals surface area contributed by atoms with Crippen molar-refractivity contribution in [1.82, 2.24) is 9.78 Å². The maximum absolute atomic E-state index is 13.1. The number of esters is 1. The number of hydrogen-bond acceptors (Lipinski definition) is 4. The van der Waals surface area contributed by atoms with Gasteiger partial charge in [0.2, 0.25) is 0 Å². The fraction of sp³-hybridized carbons (Fsp3) is 0.150. The van der Waals surface area contributed by atoms with Crippen molar-refractivity contribution in [3.63, 3.8) is 0 Å². The molecular formula is C20H16F3N3O3. The Kier molecular flexibility index (Phi) is 5.67. The minimum Gasteiger partial charge on any atom is -0.461 e. The molecule has 1 heterocycles. The van der Waals surface area contributed by atoms with Gasteiger partial charge < -0.3 is 10.1 Å². The Labute approximate surface area is 163 Å². The number of carbonyl (C=O) groups is 2. The highest BCUT2D eigenvalue weighted by molar-refractivity contribution is 6.05. The van der Waals surface area contributed by atoms with E-state index in [1.165, 1.54) is 35.0 Å². The number of nitrogens with zero attached hydrogens (tertiary/aromatic N) is 2. The summed E-state index contributed by atoms with van der Waals surface area (Å²) in [6.07, 6.45) is -3.06. The summed E-state index contributed by atoms with van der Waals surface area (Å²) in [6, 6.07) is 12.3. The van der Waals surface area contributed by atoms with E-state index in [0.717, 1.165) is 12.1 Å². The van der Waals surface area contributed by atoms with Gasteiger partial charge in [0, 0.05) is 11.9 Å². The van der Waals surface area contributed by atoms with Gasteiger partial charge in [-0.3, -0.25) is 4.79 Å². The van der Waals surface area contributed by atoms with Crippen molar-refractivity contribution in [2.24, 2.45) is 0 Å². The van der Waals surface area contributed by atoms with Crippen LogP contribution in [-0.2, 0) is 10.9 Å². The molecule has 0 radical (unpaired) electrons. The van der Waals surface area contributed by atoms with Gasteiger partial charge in [-0.15, -0.1) is 0 Å². The number of nitrogens with one attached hydrogen (secondary N) is 1. The van der Waals surface area contributed by atoms with Gasteiger partial charge in [0.05, 0.1) is 23.4 Å². The lowest BCUT2D eigenvalue weighted by molar-refractivity contribution is -0.137. The number of amides is 1. The number of alkyl halides is 3. The molecule has 0 atom stereocenters. The van der Waals surface area contributed by atoms with Crippen LogP contribution in [0.5, 0.6) is 0 Å². The summed E-state index contributed by atoms with van der Waals surface area (Å²) in [5, 5.41) is 6.55. The second-order valence-electron chi connectivity index (χ2n) is 5.91. The lowest BCUT2D eigenvalue weighted by Gasteiger charge is -2.13. The number of rotatable bonds is 5. The Morgan fingerprint density at radius 1 is 1.07 bits per heavy atom. The first-order valence-corrected chi connectivity index (χ1v) is 8.60. The van der Waals surface area contributed by atoms with Crippen molar-refractivity contribution in [2.45, 2.75) is 13.1 Å². The molecule has 0 unspecified atom stereocenters. The van der Waals surface area contributed by atoms with Crippen LogP contribution in [0, 0.1) is 0 Å². The van der Waals surface area contributed by atoms with Crippen molar-refractivity contribution in [3.8, 4) is 5.69 Å². The molecule has 0 spiro atoms. The van der Waals surface area contributed by atoms with E-state index in [4.69, 9.17) is 4.74 Å². The van der Waals surface area contributed by atoms with Gasteiger partial charge >= 0.3 is 12.1 Å². The van der Waals surface area contributed by atoms with Crippen LogP contribution in [0.3, 0.4) is 0 Å². The molecule has 0 fully saturated rings. The number of halogens is 3. The van der Waals surface area contributed by atoms with Crippen molar-refractivity contribution in [2.75, 3.05) is 11.9 Å². The van der Waals surface area contributed by atoms with Gasteiger partial charge in [-0.05, 0) is 49.4 Å². The van der Waals surface area contributed by atoms with Crippen molar-refractivity contribution < 1.29 is 27.5 Å². The minimum atomic E-state index is -4.63. The molecule has 0 saturated heterocycles. The van der Waals surface area contributed by atoms with Gasteiger partial charge in [0.25, 0.3) is 5.91 Å². The van der Waals surface area contributed by atoms with Crippen molar-refractivity contribution in [1.29, 1.82) is 0 Å². The van der Waals surface area contributed by atoms with Gasteiger partial charge in [-0.25, -0.2) is 9.48 Å². The summed E-state index contributed by atoms with van der Waals surface area (Å²) in [5.41, 5.74) is -0.414. The van der Waals surface area contributed by atoms with E-state index in [9.17, 15) is 22.8 Å². The molecule has 6 nitrogen and oxygen atoms in total. The number of benzene rings is 2. The molecule has 2 aromatic carbocycles. The van der Waals surface area contributed by atoms with Crippen LogP contribution < -0.4 is 5.32 Å². The minimum absolute atomic E-state index is 0.146. The second kappa shape index (κ2) is 8.17. The Morgan fingerprint density at radius 3 is 2.41 bits per heavy atom. The van der Waals surface area contributed by atoms with Crippen LogP contribution in [0.25, 0.3) is 5.69 Å². The molecule has 150 valence electrons. The SMILES string of the molecule is CCOC(=O)c1ccn(-c2ccc(NC(=O)c3ccccc3C(F)(F)F)cc2)n1. The first kappa shape index (κ1) is 20.1. The zero-order valence-electron chi connectivity index (χ0n) is 15.2. The van der Waals surface area contributed by atoms with Gasteiger partial charge in [-0.2, -0.15) is 18.3 Å². The molecular weight excluding hydrogens is 387 g/mol. The highest BCUT2D eigenvalue weighted by atomic mass is 19.4. The van der Waals surface area contributed by atoms with E-state index in [0.29, 0.717) is 11.4 Å². The maximum Gasteiger partial charge on any atom is 0.417 e. The van der Waals surface area contributed by atoms with Crippen LogP contribution in [0.2, 0.25) is 0 Å². The van der Waals surface area contributed by atoms with Gasteiger partial charge in [0.1, 0.15) is 0 Å². The van der Waals surface area contributed by atoms with Crippen LogP contribution in [0.4, 0.5) is 18.9 Å². The Hall–Kier alpha value is -3.62. The van der Waals surface area contributed by atoms with E-state index in [1.807, 2.05) is 0 Å². The van der Waals surface area contributed by atoms with Crippen LogP contribution in [0.1, 0.15) is 33.3 Å². The third-order valence-electron chi connectivity index (χ3n) is 3.94. The predicted octanol–water partition coefficient (Wildman–Crippen LogP) is 4.32. The number of aromatic nitrogens is 2. The summed E-state index contributed by atoms with van der Waals surface area (Å²) < 4.78 is 45.5. The molecule has 0 saturated carbocycles. The number of anilines is 1. The third kappa shape index (κ3) is 4.63. The summed E-state index contributed by atoms with van der Waals surface area (Å²) >= 11 is 0. The zero-order chi connectivity index (χ0) is 21.0. The second-order valence-corrected chi connectivity index (χ2v) is 5.91. The van der Waals surface area contributed by atoms with E-state index < -0.39 is 29.2 Å². The summed E-state index contributed by atoms with van der Waals surface area (Å²) in [6.45, 7) is 1.92. The lowest BCUT2D eigenvalue weighted by atomic mass is 10.1. The normalized spacial score (nSPS) is 11.2. The number of hydrogen-bond donors (Lipinski definition) is 1. The summed E-state index contributed by atoms with van der Waals surface area (Å²) in [4.78, 5) is 24.0. The van der Waals surface area contributed by atoms with Crippen molar-refractivity contribution in [3.05, 3.63) is 77.6 Å². The molecule has 0 aliphatic rings. The van der Waals surface area contributed by atoms with E-state index in [2.05, 4.69) is 10.4 Å². The highest BCUT2D eigenvalue weighted by Crippen LogP contribution is 2.32. The first-order chi connectivity index (χ1) is 13.8. The summed E-state index contributed by atoms with van der Waals surface area (Å²) in [5.74, 6) is -1.41. The zero-order valence-corrected chi connectivity index (χ0v) is 15.2. The highest BCUT2D eigenvalue weighted by Gasteiger charge is 2.34. The van der Waals surface area contributed by atoms with Crippen molar-refractivity contribution >= 4 is 17.6 Å². The third-order valence-corrected chi connectivity index (χ3v) is 3.94. The predicted molar refractivity (Wildman–Crippen MR) is 98.9 cm³/mol. The summed E-state index contributed by atoms with van der Waals surface area (Å²) in [7, 11) is 0. The molecule has 1 aromatic heterocycles. The molecule has 29 heavy (non-hydrogen) atoms. The Bertz CT molecular complexity index is 1030. The molecule has 3 rings (SSSR count). The molecule has 3 aromatic rings. The van der Waals surface area contributed by atoms with Crippen LogP contribution in [-0.4, -0.2) is 28.3 Å². The molecule has 9 heteroatoms. The van der Waals surface area contributed by atoms with Crippen LogP contribution >= 0.6 is 0 Å². The smallest absolute Gasteiger partial charge is 0.417 e. The largest absolute Gasteiger partial charge is 0.461 e. The average molecular weight is 403 g/mol. The molecule has 1 N–H and O–H groups in total. The molecule has 1 amide bonds. The Balaban J connectivity index is 1.75. The fourth-order valence-electron chi connectivity index (χ4n) is 2.61. The van der Waals surface area contributed by atoms with Gasteiger partial charge in [0.15, 0.2) is 5.69 Å². The topological polar surface area (TPSA) is 73.2 Å². The van der Waals surface area contributed by atoms with E-state index >= 15 is 0 Å². The first-order valence-electron chi connectivity index (χ1n) is 8.60. The standard InChI is InChI=1S/C20H16F3N3O3/c1-2-29-19(28)17-11-12-26(25-17)14-9-7-13(8-10-14)24-18(27)15-5-3-4-6-16(15)20(21,22)23/h3-12H,2H2,1H3,(H,24,27). The fourth-order valence-corrected chi connectivity index (χ4v) is 2.61.